The third kappa shape index (κ3) is 4.39. The number of hydrogen-bond donors (Lipinski definition) is 3. The molecular formula is C11H11F3N2O7S. The molecule has 1 rings (SSSR count). The lowest BCUT2D eigenvalue weighted by molar-refractivity contribution is -0.385. The maximum atomic E-state index is 13.0. The van der Waals surface area contributed by atoms with E-state index in [1.165, 1.54) is 4.72 Å². The van der Waals surface area contributed by atoms with Crippen LogP contribution in [0.4, 0.5) is 18.9 Å². The summed E-state index contributed by atoms with van der Waals surface area (Å²) < 4.78 is 64.4. The number of nitrogens with one attached hydrogen (secondary N) is 1. The van der Waals surface area contributed by atoms with Crippen LogP contribution in [0, 0.1) is 10.1 Å². The van der Waals surface area contributed by atoms with Gasteiger partial charge in [-0.25, -0.2) is 17.9 Å². The normalized spacial score (nSPS) is 14.9. The Hall–Kier alpha value is -2.25. The lowest BCUT2D eigenvalue weighted by Gasteiger charge is -2.19. The first-order chi connectivity index (χ1) is 10.7. The van der Waals surface area contributed by atoms with Crippen molar-refractivity contribution in [2.24, 2.45) is 0 Å². The molecule has 0 spiro atoms. The Kier molecular flexibility index (Phi) is 5.22. The van der Waals surface area contributed by atoms with Crippen molar-refractivity contribution in [1.29, 1.82) is 0 Å². The number of nitro groups is 1. The van der Waals surface area contributed by atoms with Crippen LogP contribution in [0.3, 0.4) is 0 Å². The van der Waals surface area contributed by atoms with Gasteiger partial charge in [-0.2, -0.15) is 13.2 Å². The minimum atomic E-state index is -5.22. The van der Waals surface area contributed by atoms with Crippen LogP contribution in [0.1, 0.15) is 12.5 Å². The van der Waals surface area contributed by atoms with Gasteiger partial charge in [-0.05, 0) is 13.0 Å². The molecular weight excluding hydrogens is 361 g/mol. The van der Waals surface area contributed by atoms with E-state index in [0.29, 0.717) is 12.1 Å². The highest BCUT2D eigenvalue weighted by Gasteiger charge is 2.40. The van der Waals surface area contributed by atoms with Gasteiger partial charge in [-0.1, -0.05) is 0 Å². The number of sulfonamides is 1. The first-order valence-electron chi connectivity index (χ1n) is 5.99. The van der Waals surface area contributed by atoms with Crippen molar-refractivity contribution in [3.05, 3.63) is 33.9 Å². The van der Waals surface area contributed by atoms with Gasteiger partial charge in [0.05, 0.1) is 21.9 Å². The number of nitro benzene ring substituents is 1. The topological polar surface area (TPSA) is 147 Å². The fourth-order valence-corrected chi connectivity index (χ4v) is 2.81. The van der Waals surface area contributed by atoms with Crippen molar-refractivity contribution in [3.8, 4) is 0 Å². The van der Waals surface area contributed by atoms with Gasteiger partial charge in [-0.15, -0.1) is 0 Å². The third-order valence-electron chi connectivity index (χ3n) is 2.84. The van der Waals surface area contributed by atoms with E-state index in [1.807, 2.05) is 0 Å². The number of carboxylic acids is 1. The van der Waals surface area contributed by atoms with Crippen molar-refractivity contribution in [3.63, 3.8) is 0 Å². The average molecular weight is 372 g/mol. The summed E-state index contributed by atoms with van der Waals surface area (Å²) in [6.45, 7) is -0.378. The van der Waals surface area contributed by atoms with Crippen LogP contribution in [0.15, 0.2) is 23.1 Å². The van der Waals surface area contributed by atoms with E-state index in [0.717, 1.165) is 6.92 Å². The van der Waals surface area contributed by atoms with Crippen LogP contribution in [0.2, 0.25) is 0 Å². The number of rotatable bonds is 6. The number of non-ortho nitro benzene ring substituents is 1. The van der Waals surface area contributed by atoms with Crippen molar-refractivity contribution < 1.29 is 41.5 Å². The Morgan fingerprint density at radius 2 is 1.92 bits per heavy atom. The van der Waals surface area contributed by atoms with E-state index >= 15 is 0 Å². The molecule has 134 valence electrons. The molecule has 1 atom stereocenters. The van der Waals surface area contributed by atoms with Crippen LogP contribution in [-0.2, 0) is 21.0 Å². The summed E-state index contributed by atoms with van der Waals surface area (Å²) >= 11 is 0. The summed E-state index contributed by atoms with van der Waals surface area (Å²) in [6.07, 6.45) is -5.22. The van der Waals surface area contributed by atoms with Gasteiger partial charge in [0.15, 0.2) is 5.60 Å². The van der Waals surface area contributed by atoms with Gasteiger partial charge in [0.2, 0.25) is 10.0 Å². The molecule has 13 heteroatoms. The molecule has 0 fully saturated rings. The lowest BCUT2D eigenvalue weighted by atomic mass is 10.1. The number of aliphatic carboxylic acids is 1. The molecule has 1 aromatic carbocycles. The van der Waals surface area contributed by atoms with Crippen molar-refractivity contribution in [2.75, 3.05) is 6.54 Å². The second-order valence-corrected chi connectivity index (χ2v) is 6.57. The fourth-order valence-electron chi connectivity index (χ4n) is 1.48. The predicted octanol–water partition coefficient (Wildman–Crippen LogP) is 0.728. The van der Waals surface area contributed by atoms with Gasteiger partial charge in [0.25, 0.3) is 5.69 Å². The molecule has 24 heavy (non-hydrogen) atoms. The molecule has 0 saturated heterocycles. The van der Waals surface area contributed by atoms with E-state index in [9.17, 15) is 41.6 Å². The van der Waals surface area contributed by atoms with Crippen LogP contribution in [-0.4, -0.2) is 41.7 Å². The average Bonchev–Trinajstić information content (AvgIpc) is 2.43. The molecule has 0 aliphatic heterocycles. The predicted molar refractivity (Wildman–Crippen MR) is 71.5 cm³/mol. The number of nitrogens with zero attached hydrogens (tertiary/aromatic N) is 1. The molecule has 0 heterocycles. The molecule has 9 nitrogen and oxygen atoms in total. The maximum Gasteiger partial charge on any atom is 0.417 e. The monoisotopic (exact) mass is 372 g/mol. The smallest absolute Gasteiger partial charge is 0.417 e. The summed E-state index contributed by atoms with van der Waals surface area (Å²) in [5.41, 5.74) is -5.33. The van der Waals surface area contributed by atoms with Gasteiger partial charge < -0.3 is 10.2 Å². The Bertz CT molecular complexity index is 774. The van der Waals surface area contributed by atoms with Crippen LogP contribution < -0.4 is 4.72 Å². The van der Waals surface area contributed by atoms with Gasteiger partial charge in [0, 0.05) is 12.1 Å². The van der Waals surface area contributed by atoms with E-state index in [4.69, 9.17) is 5.11 Å². The highest BCUT2D eigenvalue weighted by Crippen LogP contribution is 2.36. The molecule has 0 aliphatic rings. The maximum absolute atomic E-state index is 13.0. The standard InChI is InChI=1S/C11H11F3N2O7S/c1-10(19,9(17)18)5-15-24(22,23)8-3-2-6(16(20)21)4-7(8)11(12,13)14/h2-4,15,19H,5H2,1H3,(H,17,18). The summed E-state index contributed by atoms with van der Waals surface area (Å²) in [5.74, 6) is -1.80. The Balaban J connectivity index is 3.34. The zero-order chi connectivity index (χ0) is 18.9. The number of benzene rings is 1. The largest absolute Gasteiger partial charge is 0.479 e. The van der Waals surface area contributed by atoms with Gasteiger partial charge >= 0.3 is 12.1 Å². The van der Waals surface area contributed by atoms with Crippen molar-refractivity contribution in [1.82, 2.24) is 4.72 Å². The van der Waals surface area contributed by atoms with Crippen molar-refractivity contribution in [2.45, 2.75) is 23.6 Å². The van der Waals surface area contributed by atoms with E-state index in [-0.39, 0.29) is 6.07 Å². The summed E-state index contributed by atoms with van der Waals surface area (Å²) in [6, 6.07) is 0.974. The molecule has 0 bridgehead atoms. The number of alkyl halides is 3. The zero-order valence-corrected chi connectivity index (χ0v) is 12.7. The van der Waals surface area contributed by atoms with Crippen molar-refractivity contribution >= 4 is 21.7 Å². The lowest BCUT2D eigenvalue weighted by Crippen LogP contribution is -2.46. The second kappa shape index (κ2) is 6.33. The zero-order valence-electron chi connectivity index (χ0n) is 11.9. The Morgan fingerprint density at radius 3 is 2.33 bits per heavy atom. The fraction of sp³-hybridized carbons (Fsp3) is 0.364. The van der Waals surface area contributed by atoms with E-state index < -0.39 is 55.4 Å². The van der Waals surface area contributed by atoms with Crippen LogP contribution in [0.5, 0.6) is 0 Å². The summed E-state index contributed by atoms with van der Waals surface area (Å²) in [7, 11) is -4.90. The highest BCUT2D eigenvalue weighted by atomic mass is 32.2. The Labute approximate surface area is 132 Å². The molecule has 0 amide bonds. The van der Waals surface area contributed by atoms with Gasteiger partial charge in [0.1, 0.15) is 0 Å². The molecule has 1 aromatic rings. The highest BCUT2D eigenvalue weighted by molar-refractivity contribution is 7.89. The minimum Gasteiger partial charge on any atom is -0.479 e. The number of hydrogen-bond acceptors (Lipinski definition) is 6. The number of halogens is 3. The molecule has 0 aromatic heterocycles. The third-order valence-corrected chi connectivity index (χ3v) is 4.30. The van der Waals surface area contributed by atoms with Gasteiger partial charge in [-0.3, -0.25) is 10.1 Å². The molecule has 0 saturated carbocycles. The minimum absolute atomic E-state index is 0.0455. The number of carboxylic acid groups (broad SMARTS) is 1. The Morgan fingerprint density at radius 1 is 1.38 bits per heavy atom. The van der Waals surface area contributed by atoms with E-state index in [2.05, 4.69) is 0 Å². The molecule has 1 unspecified atom stereocenters. The SMILES string of the molecule is CC(O)(CNS(=O)(=O)c1ccc([N+](=O)[O-])cc1C(F)(F)F)C(=O)O. The molecule has 0 radical (unpaired) electrons. The second-order valence-electron chi connectivity index (χ2n) is 4.84. The number of carbonyl (C=O) groups is 1. The quantitative estimate of drug-likeness (QED) is 0.492. The van der Waals surface area contributed by atoms with E-state index in [1.54, 1.807) is 0 Å². The first kappa shape index (κ1) is 19.8. The first-order valence-corrected chi connectivity index (χ1v) is 7.48. The summed E-state index contributed by atoms with van der Waals surface area (Å²) in [5, 5.41) is 28.6. The number of aliphatic hydroxyl groups is 1. The van der Waals surface area contributed by atoms with Crippen LogP contribution >= 0.6 is 0 Å². The molecule has 3 N–H and O–H groups in total. The molecule has 0 aliphatic carbocycles. The van der Waals surface area contributed by atoms with Crippen LogP contribution in [0.25, 0.3) is 0 Å². The summed E-state index contributed by atoms with van der Waals surface area (Å²) in [4.78, 5) is 18.8.